The van der Waals surface area contributed by atoms with Gasteiger partial charge in [-0.1, -0.05) is 91.0 Å². The molecular weight excluding hydrogens is 685 g/mol. The average Bonchev–Trinajstić information content (AvgIpc) is 3.13. The monoisotopic (exact) mass is 709 g/mol. The minimum Gasteiger partial charge on any atom is -0.279 e. The van der Waals surface area contributed by atoms with Crippen molar-refractivity contribution in [2.75, 3.05) is 13.1 Å². The van der Waals surface area contributed by atoms with E-state index < -0.39 is 0 Å². The Bertz CT molecular complexity index is 750. The molecule has 0 radical (unpaired) electrons. The van der Waals surface area contributed by atoms with Gasteiger partial charge in [-0.3, -0.25) is 9.80 Å². The maximum atomic E-state index is 2.59. The van der Waals surface area contributed by atoms with Crippen molar-refractivity contribution in [3.05, 3.63) is 108 Å². The van der Waals surface area contributed by atoms with Crippen molar-refractivity contribution < 1.29 is 13.3 Å². The Labute approximate surface area is 198 Å². The van der Waals surface area contributed by atoms with E-state index in [1.165, 1.54) is 16.7 Å². The number of hydrogen-bond acceptors (Lipinski definition) is 2. The smallest absolute Gasteiger partial charge is 0.0892 e. The van der Waals surface area contributed by atoms with Crippen LogP contribution in [0.5, 0.6) is 0 Å². The van der Waals surface area contributed by atoms with E-state index in [0.717, 1.165) is 26.2 Å². The summed E-state index contributed by atoms with van der Waals surface area (Å²) in [4.78, 5) is 5.18. The van der Waals surface area contributed by atoms with Crippen molar-refractivity contribution in [2.45, 2.75) is 19.3 Å². The molecule has 0 amide bonds. The molecule has 3 aromatic rings. The summed E-state index contributed by atoms with van der Waals surface area (Å²) >= 11 is 5.30. The van der Waals surface area contributed by atoms with E-state index in [0.29, 0.717) is 19.4 Å². The van der Waals surface area contributed by atoms with Gasteiger partial charge < -0.3 is 0 Å². The number of rotatable bonds is 5. The van der Waals surface area contributed by atoms with Crippen LogP contribution in [0.25, 0.3) is 0 Å². The van der Waals surface area contributed by atoms with Crippen molar-refractivity contribution >= 4 is 37.2 Å². The largest absolute Gasteiger partial charge is 0.279 e. The van der Waals surface area contributed by atoms with E-state index in [1.54, 1.807) is 0 Å². The zero-order valence-electron chi connectivity index (χ0n) is 15.6. The molecular formula is C23H24I3N2-. The second-order valence-corrected chi connectivity index (χ2v) is 23.0. The standard InChI is InChI=1S/C23H24N2.I3/c1-4-10-20(11-5-1)18-24-16-17-25(19-21-12-6-2-7-13-21)23(24)22-14-8-3-9-15-22;1-3-2/h1-15,23H,16-19H2;/q;-1. The molecule has 0 bridgehead atoms. The van der Waals surface area contributed by atoms with Crippen LogP contribution in [-0.2, 0) is 13.1 Å². The Kier molecular flexibility index (Phi) is 9.99. The van der Waals surface area contributed by atoms with Gasteiger partial charge in [-0.2, -0.15) is 0 Å². The molecule has 5 heteroatoms. The molecule has 1 aliphatic heterocycles. The summed E-state index contributed by atoms with van der Waals surface area (Å²) in [6, 6.07) is 32.5. The summed E-state index contributed by atoms with van der Waals surface area (Å²) in [5, 5.41) is 0. The van der Waals surface area contributed by atoms with Gasteiger partial charge in [0.2, 0.25) is 0 Å². The predicted octanol–water partition coefficient (Wildman–Crippen LogP) is 3.48. The van der Waals surface area contributed by atoms with Crippen LogP contribution < -0.4 is 13.3 Å². The van der Waals surface area contributed by atoms with Crippen LogP contribution in [0.15, 0.2) is 91.0 Å². The zero-order valence-corrected chi connectivity index (χ0v) is 22.1. The van der Waals surface area contributed by atoms with Gasteiger partial charge in [0.25, 0.3) is 0 Å². The molecule has 1 saturated heterocycles. The maximum absolute atomic E-state index is 2.59. The van der Waals surface area contributed by atoms with Crippen LogP contribution in [0, 0.1) is 0 Å². The molecule has 1 aliphatic rings. The minimum absolute atomic E-state index is 0.335. The first-order valence-corrected chi connectivity index (χ1v) is 21.9. The Morgan fingerprint density at radius 3 is 1.39 bits per heavy atom. The predicted molar refractivity (Wildman–Crippen MR) is 131 cm³/mol. The van der Waals surface area contributed by atoms with Gasteiger partial charge in [-0.15, -0.1) is 0 Å². The van der Waals surface area contributed by atoms with Crippen LogP contribution in [0.2, 0.25) is 0 Å². The number of halogens is 3. The molecule has 0 aromatic heterocycles. The van der Waals surface area contributed by atoms with Gasteiger partial charge in [-0.25, -0.2) is 0 Å². The van der Waals surface area contributed by atoms with Gasteiger partial charge >= 0.3 is 50.5 Å². The van der Waals surface area contributed by atoms with Gasteiger partial charge in [0, 0.05) is 26.2 Å². The average molecular weight is 709 g/mol. The first-order chi connectivity index (χ1) is 13.8. The summed E-state index contributed by atoms with van der Waals surface area (Å²) in [5.74, 6) is 0. The molecule has 0 aliphatic carbocycles. The number of benzene rings is 3. The molecule has 0 N–H and O–H groups in total. The topological polar surface area (TPSA) is 6.48 Å². The molecule has 0 spiro atoms. The third-order valence-electron chi connectivity index (χ3n) is 4.92. The van der Waals surface area contributed by atoms with Crippen LogP contribution in [0.4, 0.5) is 0 Å². The molecule has 1 fully saturated rings. The Morgan fingerprint density at radius 1 is 0.643 bits per heavy atom. The fourth-order valence-corrected chi connectivity index (χ4v) is 3.75. The van der Waals surface area contributed by atoms with Crippen LogP contribution in [0.3, 0.4) is 0 Å². The van der Waals surface area contributed by atoms with E-state index in [-0.39, 0.29) is 0 Å². The number of hydrogen-bond donors (Lipinski definition) is 0. The normalized spacial score (nSPS) is 15.4. The van der Waals surface area contributed by atoms with E-state index >= 15 is 0 Å². The minimum atomic E-state index is 0.335. The van der Waals surface area contributed by atoms with Gasteiger partial charge in [0.1, 0.15) is 0 Å². The van der Waals surface area contributed by atoms with Crippen molar-refractivity contribution in [3.63, 3.8) is 0 Å². The van der Waals surface area contributed by atoms with Crippen molar-refractivity contribution in [2.24, 2.45) is 0 Å². The van der Waals surface area contributed by atoms with E-state index in [1.807, 2.05) is 0 Å². The zero-order chi connectivity index (χ0) is 19.6. The maximum Gasteiger partial charge on any atom is 0.0892 e. The van der Waals surface area contributed by atoms with Crippen LogP contribution in [0.1, 0.15) is 22.9 Å². The third kappa shape index (κ3) is 6.65. The molecule has 4 rings (SSSR count). The van der Waals surface area contributed by atoms with Crippen molar-refractivity contribution in [1.82, 2.24) is 9.80 Å². The fourth-order valence-electron chi connectivity index (χ4n) is 3.75. The summed E-state index contributed by atoms with van der Waals surface area (Å²) < 4.78 is 0. The van der Waals surface area contributed by atoms with E-state index in [9.17, 15) is 0 Å². The summed E-state index contributed by atoms with van der Waals surface area (Å²) in [5.41, 5.74) is 4.14. The van der Waals surface area contributed by atoms with Crippen molar-refractivity contribution in [3.8, 4) is 0 Å². The van der Waals surface area contributed by atoms with E-state index in [4.69, 9.17) is 0 Å². The Hall–Kier alpha value is -0.230. The van der Waals surface area contributed by atoms with Gasteiger partial charge in [0.15, 0.2) is 0 Å². The third-order valence-corrected chi connectivity index (χ3v) is 4.92. The van der Waals surface area contributed by atoms with Crippen molar-refractivity contribution in [1.29, 1.82) is 0 Å². The molecule has 0 atom stereocenters. The molecule has 1 heterocycles. The Balaban J connectivity index is 0.000000706. The second-order valence-electron chi connectivity index (χ2n) is 6.75. The first kappa shape index (κ1) is 22.5. The molecule has 2 nitrogen and oxygen atoms in total. The van der Waals surface area contributed by atoms with Gasteiger partial charge in [0.05, 0.1) is 6.17 Å². The molecule has 148 valence electrons. The number of nitrogens with zero attached hydrogens (tertiary/aromatic N) is 2. The molecule has 0 saturated carbocycles. The molecule has 28 heavy (non-hydrogen) atoms. The Morgan fingerprint density at radius 2 is 1.00 bits per heavy atom. The first-order valence-electron chi connectivity index (χ1n) is 9.29. The quantitative estimate of drug-likeness (QED) is 0.375. The summed E-state index contributed by atoms with van der Waals surface area (Å²) in [7, 11) is 0. The van der Waals surface area contributed by atoms with Crippen LogP contribution >= 0.6 is 37.2 Å². The summed E-state index contributed by atoms with van der Waals surface area (Å²) in [6.07, 6.45) is 0.335. The molecule has 0 unspecified atom stereocenters. The van der Waals surface area contributed by atoms with E-state index in [2.05, 4.69) is 138 Å². The summed E-state index contributed by atoms with van der Waals surface area (Å²) in [6.45, 7) is 4.18. The SMILES string of the molecule is I[I-]I.c1ccc(CN2CCN(Cc3ccccc3)C2c2ccccc2)cc1. The van der Waals surface area contributed by atoms with Gasteiger partial charge in [-0.05, 0) is 16.7 Å². The molecule has 3 aromatic carbocycles. The van der Waals surface area contributed by atoms with Crippen LogP contribution in [-0.4, -0.2) is 22.9 Å². The second kappa shape index (κ2) is 12.5. The fraction of sp³-hybridized carbons (Fsp3) is 0.217.